The molecular weight excluding hydrogens is 266 g/mol. The molecule has 0 spiro atoms. The molecule has 3 rings (SSSR count). The summed E-state index contributed by atoms with van der Waals surface area (Å²) < 4.78 is 1.81. The van der Waals surface area contributed by atoms with Gasteiger partial charge in [0, 0.05) is 12.2 Å². The fourth-order valence-electron chi connectivity index (χ4n) is 2.99. The number of hydrogen-bond donors (Lipinski definition) is 2. The third-order valence-electron chi connectivity index (χ3n) is 4.14. The Morgan fingerprint density at radius 2 is 2.32 bits per heavy atom. The highest BCUT2D eigenvalue weighted by molar-refractivity contribution is 6.30. The van der Waals surface area contributed by atoms with E-state index >= 15 is 0 Å². The highest BCUT2D eigenvalue weighted by Crippen LogP contribution is 2.38. The highest BCUT2D eigenvalue weighted by atomic mass is 35.5. The minimum atomic E-state index is -0.789. The Morgan fingerprint density at radius 3 is 2.89 bits per heavy atom. The van der Waals surface area contributed by atoms with Gasteiger partial charge in [-0.05, 0) is 38.5 Å². The molecule has 2 saturated carbocycles. The molecule has 1 heterocycles. The number of aromatic nitrogens is 2. The van der Waals surface area contributed by atoms with E-state index in [0.717, 1.165) is 25.7 Å². The molecule has 1 aromatic rings. The molecule has 0 bridgehead atoms. The van der Waals surface area contributed by atoms with Crippen LogP contribution in [-0.2, 0) is 4.79 Å². The van der Waals surface area contributed by atoms with Crippen LogP contribution in [0.25, 0.3) is 0 Å². The van der Waals surface area contributed by atoms with Crippen LogP contribution in [0.4, 0.5) is 0 Å². The van der Waals surface area contributed by atoms with Crippen LogP contribution < -0.4 is 5.32 Å². The van der Waals surface area contributed by atoms with E-state index in [4.69, 9.17) is 11.6 Å². The third kappa shape index (κ3) is 2.62. The number of nitrogens with one attached hydrogen (secondary N) is 1. The molecule has 0 aromatic carbocycles. The van der Waals surface area contributed by atoms with Gasteiger partial charge in [0.2, 0.25) is 0 Å². The van der Waals surface area contributed by atoms with Crippen LogP contribution in [-0.4, -0.2) is 32.4 Å². The number of carboxylic acids is 1. The van der Waals surface area contributed by atoms with Gasteiger partial charge in [-0.1, -0.05) is 11.6 Å². The molecule has 19 heavy (non-hydrogen) atoms. The minimum absolute atomic E-state index is 0.114. The number of halogens is 1. The second-order valence-electron chi connectivity index (χ2n) is 5.69. The zero-order chi connectivity index (χ0) is 13.5. The molecule has 1 aromatic heterocycles. The van der Waals surface area contributed by atoms with Crippen molar-refractivity contribution in [2.45, 2.75) is 56.1 Å². The monoisotopic (exact) mass is 283 g/mol. The van der Waals surface area contributed by atoms with Gasteiger partial charge in [0.1, 0.15) is 5.54 Å². The fraction of sp³-hybridized carbons (Fsp3) is 0.692. The summed E-state index contributed by atoms with van der Waals surface area (Å²) in [6.45, 7) is 0. The molecule has 104 valence electrons. The normalized spacial score (nSPS) is 31.3. The van der Waals surface area contributed by atoms with Gasteiger partial charge in [-0.3, -0.25) is 14.8 Å². The van der Waals surface area contributed by atoms with Crippen molar-refractivity contribution in [1.82, 2.24) is 15.1 Å². The number of nitrogens with zero attached hydrogens (tertiary/aromatic N) is 2. The van der Waals surface area contributed by atoms with Crippen molar-refractivity contribution in [3.63, 3.8) is 0 Å². The van der Waals surface area contributed by atoms with Crippen molar-refractivity contribution in [2.24, 2.45) is 0 Å². The summed E-state index contributed by atoms with van der Waals surface area (Å²) in [6.07, 6.45) is 8.70. The van der Waals surface area contributed by atoms with Gasteiger partial charge in [-0.15, -0.1) is 0 Å². The summed E-state index contributed by atoms with van der Waals surface area (Å²) in [5.41, 5.74) is -0.789. The summed E-state index contributed by atoms with van der Waals surface area (Å²) >= 11 is 5.89. The first-order chi connectivity index (χ1) is 9.09. The number of hydrogen-bond acceptors (Lipinski definition) is 3. The predicted molar refractivity (Wildman–Crippen MR) is 71.3 cm³/mol. The van der Waals surface area contributed by atoms with E-state index in [1.165, 1.54) is 0 Å². The Balaban J connectivity index is 1.79. The number of carbonyl (C=O) groups is 1. The topological polar surface area (TPSA) is 67.2 Å². The Labute approximate surface area is 116 Å². The molecule has 6 heteroatoms. The summed E-state index contributed by atoms with van der Waals surface area (Å²) in [4.78, 5) is 11.7. The highest BCUT2D eigenvalue weighted by Gasteiger charge is 2.46. The zero-order valence-corrected chi connectivity index (χ0v) is 11.4. The number of aliphatic carboxylic acids is 1. The Bertz CT molecular complexity index is 486. The molecule has 2 fully saturated rings. The molecule has 5 nitrogen and oxygen atoms in total. The largest absolute Gasteiger partial charge is 0.480 e. The Kier molecular flexibility index (Phi) is 3.27. The minimum Gasteiger partial charge on any atom is -0.480 e. The van der Waals surface area contributed by atoms with Gasteiger partial charge in [0.15, 0.2) is 0 Å². The maximum Gasteiger partial charge on any atom is 0.323 e. The molecule has 2 aliphatic rings. The lowest BCUT2D eigenvalue weighted by Crippen LogP contribution is -2.55. The summed E-state index contributed by atoms with van der Waals surface area (Å²) in [7, 11) is 0. The molecule has 0 radical (unpaired) electrons. The second kappa shape index (κ2) is 4.80. The van der Waals surface area contributed by atoms with Crippen LogP contribution in [0.1, 0.15) is 44.6 Å². The van der Waals surface area contributed by atoms with Crippen LogP contribution in [0, 0.1) is 0 Å². The van der Waals surface area contributed by atoms with Gasteiger partial charge >= 0.3 is 5.97 Å². The average Bonchev–Trinajstić information content (AvgIpc) is 3.08. The first-order valence-electron chi connectivity index (χ1n) is 6.80. The van der Waals surface area contributed by atoms with Crippen molar-refractivity contribution >= 4 is 17.6 Å². The molecule has 2 atom stereocenters. The molecule has 2 aliphatic carbocycles. The fourth-order valence-corrected chi connectivity index (χ4v) is 3.14. The first kappa shape index (κ1) is 12.9. The van der Waals surface area contributed by atoms with Crippen LogP contribution in [0.5, 0.6) is 0 Å². The van der Waals surface area contributed by atoms with Crippen molar-refractivity contribution in [2.75, 3.05) is 0 Å². The number of carboxylic acid groups (broad SMARTS) is 1. The number of rotatable bonds is 4. The summed E-state index contributed by atoms with van der Waals surface area (Å²) in [6, 6.07) is 0.500. The Hall–Kier alpha value is -1.07. The standard InChI is InChI=1S/C13H18ClN3O2/c14-9-7-15-17(8-9)11-2-1-5-13(6-11,12(18)19)16-10-3-4-10/h7-8,10-11,16H,1-6H2,(H,18,19). The molecule has 0 aliphatic heterocycles. The first-order valence-corrected chi connectivity index (χ1v) is 7.18. The van der Waals surface area contributed by atoms with E-state index < -0.39 is 11.5 Å². The maximum absolute atomic E-state index is 11.7. The van der Waals surface area contributed by atoms with Gasteiger partial charge in [-0.2, -0.15) is 5.10 Å². The van der Waals surface area contributed by atoms with Crippen molar-refractivity contribution in [3.05, 3.63) is 17.4 Å². The lowest BCUT2D eigenvalue weighted by Gasteiger charge is -2.38. The van der Waals surface area contributed by atoms with Crippen LogP contribution in [0.15, 0.2) is 12.4 Å². The zero-order valence-electron chi connectivity index (χ0n) is 10.7. The average molecular weight is 284 g/mol. The van der Waals surface area contributed by atoms with Crippen LogP contribution in [0.2, 0.25) is 5.02 Å². The van der Waals surface area contributed by atoms with E-state index in [1.54, 1.807) is 12.4 Å². The lowest BCUT2D eigenvalue weighted by molar-refractivity contribution is -0.147. The predicted octanol–water partition coefficient (Wildman–Crippen LogP) is 2.23. The van der Waals surface area contributed by atoms with Gasteiger partial charge in [-0.25, -0.2) is 0 Å². The Morgan fingerprint density at radius 1 is 1.53 bits per heavy atom. The molecule has 0 amide bonds. The van der Waals surface area contributed by atoms with Crippen molar-refractivity contribution in [3.8, 4) is 0 Å². The van der Waals surface area contributed by atoms with Crippen molar-refractivity contribution in [1.29, 1.82) is 0 Å². The quantitative estimate of drug-likeness (QED) is 0.889. The third-order valence-corrected chi connectivity index (χ3v) is 4.33. The maximum atomic E-state index is 11.7. The van der Waals surface area contributed by atoms with E-state index in [1.807, 2.05) is 4.68 Å². The van der Waals surface area contributed by atoms with E-state index in [0.29, 0.717) is 23.9 Å². The van der Waals surface area contributed by atoms with Gasteiger partial charge in [0.05, 0.1) is 17.3 Å². The summed E-state index contributed by atoms with van der Waals surface area (Å²) in [5, 5.41) is 17.8. The summed E-state index contributed by atoms with van der Waals surface area (Å²) in [5.74, 6) is -0.734. The molecule has 2 N–H and O–H groups in total. The van der Waals surface area contributed by atoms with Crippen LogP contribution in [0.3, 0.4) is 0 Å². The lowest BCUT2D eigenvalue weighted by atomic mass is 9.78. The SMILES string of the molecule is O=C(O)C1(NC2CC2)CCCC(n2cc(Cl)cn2)C1. The molecule has 0 saturated heterocycles. The van der Waals surface area contributed by atoms with E-state index in [2.05, 4.69) is 10.4 Å². The van der Waals surface area contributed by atoms with Gasteiger partial charge in [0.25, 0.3) is 0 Å². The van der Waals surface area contributed by atoms with Crippen molar-refractivity contribution < 1.29 is 9.90 Å². The van der Waals surface area contributed by atoms with E-state index in [9.17, 15) is 9.90 Å². The van der Waals surface area contributed by atoms with E-state index in [-0.39, 0.29) is 6.04 Å². The second-order valence-corrected chi connectivity index (χ2v) is 6.13. The molecular formula is C13H18ClN3O2. The van der Waals surface area contributed by atoms with Crippen LogP contribution >= 0.6 is 11.6 Å². The van der Waals surface area contributed by atoms with Gasteiger partial charge < -0.3 is 5.11 Å². The smallest absolute Gasteiger partial charge is 0.323 e. The molecule has 2 unspecified atom stereocenters.